The van der Waals surface area contributed by atoms with Gasteiger partial charge in [0.1, 0.15) is 5.69 Å². The summed E-state index contributed by atoms with van der Waals surface area (Å²) in [5.41, 5.74) is 11.4. The summed E-state index contributed by atoms with van der Waals surface area (Å²) in [6.07, 6.45) is 8.10. The van der Waals surface area contributed by atoms with Crippen LogP contribution < -0.4 is 10.4 Å². The standard InChI is InChI=1S/C29H50N3O2S/c1-22(19-28(3,4)5)12-13-24(23(2)20-29(6,7)8)21-34-35(33)27-18-25(14-15-26(27)31-30)32-16-10-9-11-17-32/h14-15,18,22-24H,9-13,16-17,19-21H2,1-8H3. The Bertz CT molecular complexity index is 822. The van der Waals surface area contributed by atoms with Gasteiger partial charge in [-0.05, 0) is 90.8 Å². The number of benzene rings is 1. The van der Waals surface area contributed by atoms with E-state index in [4.69, 9.17) is 4.18 Å². The first-order chi connectivity index (χ1) is 16.3. The van der Waals surface area contributed by atoms with Crippen molar-refractivity contribution in [2.45, 2.75) is 105 Å². The second-order valence-corrected chi connectivity index (χ2v) is 14.4. The third-order valence-electron chi connectivity index (χ3n) is 7.07. The first-order valence-corrected chi connectivity index (χ1v) is 14.7. The van der Waals surface area contributed by atoms with Crippen LogP contribution >= 0.6 is 0 Å². The smallest absolute Gasteiger partial charge is 0.191 e. The van der Waals surface area contributed by atoms with Gasteiger partial charge >= 0.3 is 0 Å². The SMILES string of the molecule is CC(CCC(COS(=O)c1cc(N2CCCCC2)ccc1N=[N])C(C)CC(C)(C)C)CC(C)(C)C. The summed E-state index contributed by atoms with van der Waals surface area (Å²) in [5.74, 6) is 1.45. The molecule has 2 rings (SSSR count). The van der Waals surface area contributed by atoms with E-state index in [0.717, 1.165) is 38.0 Å². The van der Waals surface area contributed by atoms with Crippen molar-refractivity contribution in [2.24, 2.45) is 33.7 Å². The largest absolute Gasteiger partial charge is 0.372 e. The number of anilines is 1. The topological polar surface area (TPSA) is 64.2 Å². The molecule has 6 heteroatoms. The van der Waals surface area contributed by atoms with Crippen LogP contribution in [-0.4, -0.2) is 23.9 Å². The fraction of sp³-hybridized carbons (Fsp3) is 0.793. The van der Waals surface area contributed by atoms with E-state index in [0.29, 0.717) is 40.4 Å². The summed E-state index contributed by atoms with van der Waals surface area (Å²) in [4.78, 5) is 2.77. The van der Waals surface area contributed by atoms with Crippen LogP contribution in [0.15, 0.2) is 28.2 Å². The van der Waals surface area contributed by atoms with Crippen LogP contribution in [0.5, 0.6) is 0 Å². The van der Waals surface area contributed by atoms with Crippen molar-refractivity contribution in [3.05, 3.63) is 18.2 Å². The van der Waals surface area contributed by atoms with Gasteiger partial charge in [0.05, 0.1) is 11.5 Å². The first-order valence-electron chi connectivity index (χ1n) is 13.6. The minimum atomic E-state index is -1.68. The van der Waals surface area contributed by atoms with Gasteiger partial charge in [0.2, 0.25) is 0 Å². The predicted molar refractivity (Wildman–Crippen MR) is 148 cm³/mol. The zero-order valence-electron chi connectivity index (χ0n) is 23.6. The van der Waals surface area contributed by atoms with Gasteiger partial charge in [0, 0.05) is 18.8 Å². The summed E-state index contributed by atoms with van der Waals surface area (Å²) in [5, 5.41) is 3.39. The Hall–Kier alpha value is -1.27. The molecular formula is C29H50N3O2S. The van der Waals surface area contributed by atoms with E-state index in [1.165, 1.54) is 25.7 Å². The van der Waals surface area contributed by atoms with Crippen LogP contribution in [0.4, 0.5) is 11.4 Å². The maximum Gasteiger partial charge on any atom is 0.191 e. The van der Waals surface area contributed by atoms with Gasteiger partial charge in [-0.15, -0.1) is 5.11 Å². The normalized spacial score (nSPS) is 18.7. The van der Waals surface area contributed by atoms with Crippen LogP contribution in [0.1, 0.15) is 100 Å². The zero-order chi connectivity index (χ0) is 26.2. The van der Waals surface area contributed by atoms with E-state index >= 15 is 0 Å². The molecule has 4 unspecified atom stereocenters. The van der Waals surface area contributed by atoms with Gasteiger partial charge in [0.15, 0.2) is 11.1 Å². The van der Waals surface area contributed by atoms with Crippen LogP contribution in [0.3, 0.4) is 0 Å². The molecule has 0 aromatic heterocycles. The van der Waals surface area contributed by atoms with Gasteiger partial charge < -0.3 is 4.90 Å². The summed E-state index contributed by atoms with van der Waals surface area (Å²) < 4.78 is 19.3. The molecule has 1 radical (unpaired) electrons. The van der Waals surface area contributed by atoms with Gasteiger partial charge in [-0.1, -0.05) is 61.8 Å². The lowest BCUT2D eigenvalue weighted by molar-refractivity contribution is 0.156. The number of nitrogens with zero attached hydrogens (tertiary/aromatic N) is 3. The minimum Gasteiger partial charge on any atom is -0.372 e. The van der Waals surface area contributed by atoms with Crippen LogP contribution in [0, 0.1) is 28.6 Å². The molecule has 1 aromatic rings. The Balaban J connectivity index is 2.11. The maximum atomic E-state index is 13.3. The quantitative estimate of drug-likeness (QED) is 0.270. The van der Waals surface area contributed by atoms with Crippen molar-refractivity contribution in [1.29, 1.82) is 0 Å². The molecule has 199 valence electrons. The van der Waals surface area contributed by atoms with Crippen molar-refractivity contribution in [3.8, 4) is 0 Å². The molecule has 35 heavy (non-hydrogen) atoms. The number of hydrogen-bond donors (Lipinski definition) is 0. The van der Waals surface area contributed by atoms with Crippen molar-refractivity contribution in [1.82, 2.24) is 5.53 Å². The Morgan fingerprint density at radius 1 is 1.00 bits per heavy atom. The Morgan fingerprint density at radius 2 is 1.63 bits per heavy atom. The van der Waals surface area contributed by atoms with E-state index in [1.807, 2.05) is 12.1 Å². The van der Waals surface area contributed by atoms with Gasteiger partial charge in [-0.3, -0.25) is 4.18 Å². The molecule has 1 aromatic carbocycles. The fourth-order valence-corrected chi connectivity index (χ4v) is 6.51. The highest BCUT2D eigenvalue weighted by Gasteiger charge is 2.26. The predicted octanol–water partition coefficient (Wildman–Crippen LogP) is 8.14. The van der Waals surface area contributed by atoms with E-state index in [9.17, 15) is 9.74 Å². The van der Waals surface area contributed by atoms with E-state index in [1.54, 1.807) is 6.07 Å². The molecule has 0 aliphatic carbocycles. The van der Waals surface area contributed by atoms with Gasteiger partial charge in [-0.2, -0.15) is 0 Å². The van der Waals surface area contributed by atoms with Gasteiger partial charge in [0.25, 0.3) is 0 Å². The summed E-state index contributed by atoms with van der Waals surface area (Å²) >= 11 is -1.68. The Kier molecular flexibility index (Phi) is 11.4. The zero-order valence-corrected chi connectivity index (χ0v) is 24.4. The molecule has 0 saturated carbocycles. The highest BCUT2D eigenvalue weighted by atomic mass is 32.2. The third kappa shape index (κ3) is 10.7. The first kappa shape index (κ1) is 30.0. The van der Waals surface area contributed by atoms with E-state index in [2.05, 4.69) is 65.4 Å². The number of piperidine rings is 1. The molecular weight excluding hydrogens is 454 g/mol. The molecule has 1 aliphatic rings. The molecule has 0 spiro atoms. The second-order valence-electron chi connectivity index (χ2n) is 13.3. The van der Waals surface area contributed by atoms with Gasteiger partial charge in [-0.25, -0.2) is 4.21 Å². The van der Waals surface area contributed by atoms with Crippen molar-refractivity contribution < 1.29 is 8.39 Å². The second kappa shape index (κ2) is 13.3. The Morgan fingerprint density at radius 3 is 2.20 bits per heavy atom. The van der Waals surface area contributed by atoms with E-state index < -0.39 is 11.1 Å². The van der Waals surface area contributed by atoms with Crippen LogP contribution in [0.2, 0.25) is 0 Å². The van der Waals surface area contributed by atoms with Crippen molar-refractivity contribution in [3.63, 3.8) is 0 Å². The lowest BCUT2D eigenvalue weighted by atomic mass is 9.76. The maximum absolute atomic E-state index is 13.3. The molecule has 1 saturated heterocycles. The molecule has 1 fully saturated rings. The third-order valence-corrected chi connectivity index (χ3v) is 8.11. The Labute approximate surface area is 218 Å². The van der Waals surface area contributed by atoms with Crippen molar-refractivity contribution in [2.75, 3.05) is 24.6 Å². The average molecular weight is 505 g/mol. The van der Waals surface area contributed by atoms with E-state index in [-0.39, 0.29) is 5.41 Å². The molecule has 5 nitrogen and oxygen atoms in total. The molecule has 1 heterocycles. The fourth-order valence-electron chi connectivity index (χ4n) is 5.59. The number of rotatable bonds is 12. The lowest BCUT2D eigenvalue weighted by Gasteiger charge is -2.31. The highest BCUT2D eigenvalue weighted by Crippen LogP contribution is 2.35. The highest BCUT2D eigenvalue weighted by molar-refractivity contribution is 7.80. The molecule has 0 bridgehead atoms. The lowest BCUT2D eigenvalue weighted by Crippen LogP contribution is -2.29. The monoisotopic (exact) mass is 504 g/mol. The minimum absolute atomic E-state index is 0.236. The summed E-state index contributed by atoms with van der Waals surface area (Å²) in [6, 6.07) is 5.58. The average Bonchev–Trinajstić information content (AvgIpc) is 2.76. The molecule has 0 amide bonds. The number of hydrogen-bond acceptors (Lipinski definition) is 4. The summed E-state index contributed by atoms with van der Waals surface area (Å²) in [6.45, 7) is 20.9. The summed E-state index contributed by atoms with van der Waals surface area (Å²) in [7, 11) is 0. The molecule has 4 atom stereocenters. The van der Waals surface area contributed by atoms with Crippen molar-refractivity contribution >= 4 is 22.5 Å². The molecule has 0 N–H and O–H groups in total. The molecule has 1 aliphatic heterocycles. The van der Waals surface area contributed by atoms with Crippen LogP contribution in [-0.2, 0) is 15.3 Å². The van der Waals surface area contributed by atoms with Crippen LogP contribution in [0.25, 0.3) is 0 Å².